The van der Waals surface area contributed by atoms with Crippen LogP contribution in [0.3, 0.4) is 0 Å². The molecule has 2 heterocycles. The smallest absolute Gasteiger partial charge is 0.308 e. The van der Waals surface area contributed by atoms with E-state index in [2.05, 4.69) is 19.1 Å². The highest BCUT2D eigenvalue weighted by molar-refractivity contribution is 5.72. The van der Waals surface area contributed by atoms with Gasteiger partial charge in [0, 0.05) is 32.5 Å². The molecule has 0 spiro atoms. The number of hydrogen-bond donors (Lipinski definition) is 1. The number of fused-ring (bicyclic) bond motifs is 1. The van der Waals surface area contributed by atoms with Crippen molar-refractivity contribution in [3.05, 3.63) is 25.3 Å². The van der Waals surface area contributed by atoms with E-state index in [1.807, 2.05) is 4.90 Å². The molecule has 0 aromatic carbocycles. The molecule has 2 saturated heterocycles. The molecule has 5 heteroatoms. The number of rotatable bonds is 6. The molecular weight excluding hydrogens is 294 g/mol. The van der Waals surface area contributed by atoms with E-state index >= 15 is 0 Å². The molecule has 0 saturated carbocycles. The predicted molar refractivity (Wildman–Crippen MR) is 87.6 cm³/mol. The van der Waals surface area contributed by atoms with Gasteiger partial charge in [0.25, 0.3) is 0 Å². The number of piperidine rings is 1. The van der Waals surface area contributed by atoms with Crippen LogP contribution in [-0.2, 0) is 14.3 Å². The maximum atomic E-state index is 11.9. The van der Waals surface area contributed by atoms with Gasteiger partial charge in [-0.2, -0.15) is 0 Å². The van der Waals surface area contributed by atoms with Gasteiger partial charge in [-0.1, -0.05) is 18.1 Å². The average molecular weight is 319 g/mol. The van der Waals surface area contributed by atoms with Crippen molar-refractivity contribution in [1.82, 2.24) is 4.90 Å². The number of hydrogen-bond acceptors (Lipinski definition) is 5. The number of esters is 1. The Balaban J connectivity index is 2.50. The minimum atomic E-state index is -1.35. The van der Waals surface area contributed by atoms with Crippen molar-refractivity contribution in [3.63, 3.8) is 0 Å². The Kier molecular flexibility index (Phi) is 5.30. The van der Waals surface area contributed by atoms with E-state index in [1.54, 1.807) is 19.3 Å². The van der Waals surface area contributed by atoms with Gasteiger partial charge in [0.15, 0.2) is 0 Å². The van der Waals surface area contributed by atoms with Gasteiger partial charge in [-0.05, 0) is 6.42 Å². The SMILES string of the molecule is C#C[C@]1(C[C@H](C=C)OC)N(CC=C)CC[C@H]2COC(=O)CC21O. The fourth-order valence-corrected chi connectivity index (χ4v) is 3.87. The Hall–Kier alpha value is -1.61. The van der Waals surface area contributed by atoms with E-state index < -0.39 is 17.1 Å². The monoisotopic (exact) mass is 319 g/mol. The highest BCUT2D eigenvalue weighted by Crippen LogP contribution is 2.48. The Morgan fingerprint density at radius 1 is 1.65 bits per heavy atom. The zero-order valence-corrected chi connectivity index (χ0v) is 13.7. The molecule has 0 bridgehead atoms. The molecule has 4 atom stereocenters. The summed E-state index contributed by atoms with van der Waals surface area (Å²) in [5.41, 5.74) is -2.38. The topological polar surface area (TPSA) is 59.0 Å². The number of carbonyl (C=O) groups excluding carboxylic acids is 1. The van der Waals surface area contributed by atoms with Gasteiger partial charge in [0.05, 0.1) is 19.1 Å². The van der Waals surface area contributed by atoms with Gasteiger partial charge in [-0.25, -0.2) is 0 Å². The predicted octanol–water partition coefficient (Wildman–Crippen LogP) is 1.14. The lowest BCUT2D eigenvalue weighted by atomic mass is 9.62. The Morgan fingerprint density at radius 2 is 2.39 bits per heavy atom. The third kappa shape index (κ3) is 2.83. The number of aliphatic hydroxyl groups is 1. The van der Waals surface area contributed by atoms with Crippen LogP contribution in [0.2, 0.25) is 0 Å². The van der Waals surface area contributed by atoms with Crippen molar-refractivity contribution < 1.29 is 19.4 Å². The van der Waals surface area contributed by atoms with Crippen LogP contribution in [0.1, 0.15) is 19.3 Å². The highest BCUT2D eigenvalue weighted by atomic mass is 16.5. The Morgan fingerprint density at radius 3 is 2.96 bits per heavy atom. The molecule has 0 aromatic heterocycles. The number of terminal acetylenes is 1. The molecule has 5 nitrogen and oxygen atoms in total. The van der Waals surface area contributed by atoms with Crippen LogP contribution in [0.5, 0.6) is 0 Å². The molecule has 1 unspecified atom stereocenters. The molecule has 23 heavy (non-hydrogen) atoms. The number of likely N-dealkylation sites (tertiary alicyclic amines) is 1. The second-order valence-corrected chi connectivity index (χ2v) is 6.22. The lowest BCUT2D eigenvalue weighted by molar-refractivity contribution is -0.210. The molecule has 2 aliphatic rings. The van der Waals surface area contributed by atoms with Crippen LogP contribution in [0, 0.1) is 18.3 Å². The second-order valence-electron chi connectivity index (χ2n) is 6.22. The minimum Gasteiger partial charge on any atom is -0.465 e. The van der Waals surface area contributed by atoms with E-state index in [9.17, 15) is 9.90 Å². The third-order valence-electron chi connectivity index (χ3n) is 5.19. The van der Waals surface area contributed by atoms with Crippen LogP contribution >= 0.6 is 0 Å². The fourth-order valence-electron chi connectivity index (χ4n) is 3.87. The number of nitrogens with zero attached hydrogens (tertiary/aromatic N) is 1. The Labute approximate surface area is 137 Å². The summed E-state index contributed by atoms with van der Waals surface area (Å²) in [5.74, 6) is 2.20. The molecule has 2 fully saturated rings. The number of cyclic esters (lactones) is 1. The summed E-state index contributed by atoms with van der Waals surface area (Å²) in [4.78, 5) is 13.9. The van der Waals surface area contributed by atoms with Crippen molar-refractivity contribution in [2.24, 2.45) is 5.92 Å². The quantitative estimate of drug-likeness (QED) is 0.452. The Bertz CT molecular complexity index is 526. The highest BCUT2D eigenvalue weighted by Gasteiger charge is 2.62. The van der Waals surface area contributed by atoms with Crippen molar-refractivity contribution in [3.8, 4) is 12.3 Å². The van der Waals surface area contributed by atoms with E-state index in [-0.39, 0.29) is 25.0 Å². The lowest BCUT2D eigenvalue weighted by Crippen LogP contribution is -2.73. The molecule has 0 radical (unpaired) electrons. The van der Waals surface area contributed by atoms with Crippen LogP contribution < -0.4 is 0 Å². The zero-order chi connectivity index (χ0) is 17.1. The van der Waals surface area contributed by atoms with Crippen molar-refractivity contribution in [2.75, 3.05) is 26.8 Å². The number of ether oxygens (including phenoxy) is 2. The summed E-state index contributed by atoms with van der Waals surface area (Å²) >= 11 is 0. The van der Waals surface area contributed by atoms with E-state index in [1.165, 1.54) is 0 Å². The maximum absolute atomic E-state index is 11.9. The molecule has 2 aliphatic heterocycles. The summed E-state index contributed by atoms with van der Waals surface area (Å²) < 4.78 is 10.6. The summed E-state index contributed by atoms with van der Waals surface area (Å²) in [6, 6.07) is 0. The zero-order valence-electron chi connectivity index (χ0n) is 13.7. The lowest BCUT2D eigenvalue weighted by Gasteiger charge is -2.58. The van der Waals surface area contributed by atoms with Gasteiger partial charge in [0.2, 0.25) is 0 Å². The summed E-state index contributed by atoms with van der Waals surface area (Å²) in [6.45, 7) is 8.98. The minimum absolute atomic E-state index is 0.108. The maximum Gasteiger partial charge on any atom is 0.308 e. The van der Waals surface area contributed by atoms with Gasteiger partial charge in [0.1, 0.15) is 11.1 Å². The number of carbonyl (C=O) groups is 1. The van der Waals surface area contributed by atoms with Crippen molar-refractivity contribution in [2.45, 2.75) is 36.5 Å². The third-order valence-corrected chi connectivity index (χ3v) is 5.19. The van der Waals surface area contributed by atoms with Crippen LogP contribution in [0.25, 0.3) is 0 Å². The van der Waals surface area contributed by atoms with Crippen molar-refractivity contribution >= 4 is 5.97 Å². The van der Waals surface area contributed by atoms with Crippen LogP contribution in [0.15, 0.2) is 25.3 Å². The first-order chi connectivity index (χ1) is 11.0. The first-order valence-electron chi connectivity index (χ1n) is 7.84. The molecule has 126 valence electrons. The van der Waals surface area contributed by atoms with Crippen LogP contribution in [0.4, 0.5) is 0 Å². The first kappa shape index (κ1) is 17.7. The number of methoxy groups -OCH3 is 1. The summed E-state index contributed by atoms with van der Waals surface area (Å²) in [6.07, 6.45) is 9.99. The van der Waals surface area contributed by atoms with E-state index in [0.29, 0.717) is 25.9 Å². The molecule has 0 aromatic rings. The van der Waals surface area contributed by atoms with Gasteiger partial charge in [-0.3, -0.25) is 9.69 Å². The molecule has 0 aliphatic carbocycles. The van der Waals surface area contributed by atoms with Gasteiger partial charge < -0.3 is 14.6 Å². The second kappa shape index (κ2) is 6.88. The largest absolute Gasteiger partial charge is 0.465 e. The molecule has 0 amide bonds. The fraction of sp³-hybridized carbons (Fsp3) is 0.611. The van der Waals surface area contributed by atoms with E-state index in [0.717, 1.165) is 0 Å². The first-order valence-corrected chi connectivity index (χ1v) is 7.84. The molecule has 1 N–H and O–H groups in total. The van der Waals surface area contributed by atoms with Crippen molar-refractivity contribution in [1.29, 1.82) is 0 Å². The molecule has 2 rings (SSSR count). The van der Waals surface area contributed by atoms with Gasteiger partial charge >= 0.3 is 5.97 Å². The molecular formula is C18H25NO4. The van der Waals surface area contributed by atoms with E-state index in [4.69, 9.17) is 15.9 Å². The van der Waals surface area contributed by atoms with Gasteiger partial charge in [-0.15, -0.1) is 19.6 Å². The normalized spacial score (nSPS) is 35.5. The summed E-state index contributed by atoms with van der Waals surface area (Å²) in [7, 11) is 1.58. The van der Waals surface area contributed by atoms with Crippen LogP contribution in [-0.4, -0.2) is 60.0 Å². The summed E-state index contributed by atoms with van der Waals surface area (Å²) in [5, 5.41) is 11.5. The standard InChI is InChI=1S/C18H25NO4/c1-5-9-19-10-8-14-13-23-16(20)12-18(14,21)17(19,7-3)11-15(6-2)22-4/h3,5-6,14-15,21H,1-2,8-13H2,4H3/t14-,15-,17+,18?/m0/s1. The average Bonchev–Trinajstić information content (AvgIpc) is 2.54.